The van der Waals surface area contributed by atoms with Gasteiger partial charge in [0.15, 0.2) is 11.5 Å². The van der Waals surface area contributed by atoms with E-state index in [2.05, 4.69) is 0 Å². The predicted molar refractivity (Wildman–Crippen MR) is 106 cm³/mol. The van der Waals surface area contributed by atoms with Crippen LogP contribution in [-0.2, 0) is 9.53 Å². The molecule has 0 spiro atoms. The summed E-state index contributed by atoms with van der Waals surface area (Å²) in [4.78, 5) is 14.9. The number of nitrogens with zero attached hydrogens (tertiary/aromatic N) is 1. The number of hydrogen-bond donors (Lipinski definition) is 1. The lowest BCUT2D eigenvalue weighted by atomic mass is 9.94. The maximum atomic E-state index is 13.2. The number of anilines is 1. The van der Waals surface area contributed by atoms with Crippen molar-refractivity contribution in [3.8, 4) is 11.5 Å². The molecule has 0 aromatic heterocycles. The van der Waals surface area contributed by atoms with E-state index < -0.39 is 12.0 Å². The highest BCUT2D eigenvalue weighted by atomic mass is 16.5. The second-order valence-electron chi connectivity index (χ2n) is 6.25. The number of methoxy groups -OCH3 is 3. The van der Waals surface area contributed by atoms with Gasteiger partial charge in [-0.15, -0.1) is 0 Å². The van der Waals surface area contributed by atoms with Gasteiger partial charge in [0.1, 0.15) is 0 Å². The number of rotatable bonds is 9. The van der Waals surface area contributed by atoms with Crippen LogP contribution in [0.4, 0.5) is 5.69 Å². The second kappa shape index (κ2) is 9.94. The first-order chi connectivity index (χ1) is 13.0. The molecule has 2 aromatic carbocycles. The van der Waals surface area contributed by atoms with E-state index in [0.29, 0.717) is 30.3 Å². The topological polar surface area (TPSA) is 74.0 Å². The Bertz CT molecular complexity index is 736. The molecule has 1 amide bonds. The molecular formula is C21H28N2O4. The molecule has 2 aromatic rings. The maximum Gasteiger partial charge on any atom is 0.231 e. The summed E-state index contributed by atoms with van der Waals surface area (Å²) in [6.07, 6.45) is 0. The zero-order chi connectivity index (χ0) is 19.8. The molecule has 0 aliphatic carbocycles. The molecule has 6 nitrogen and oxygen atoms in total. The molecule has 2 N–H and O–H groups in total. The van der Waals surface area contributed by atoms with Crippen LogP contribution in [0.5, 0.6) is 11.5 Å². The van der Waals surface area contributed by atoms with E-state index in [1.54, 1.807) is 38.4 Å². The minimum absolute atomic E-state index is 0.0735. The molecule has 0 bridgehead atoms. The van der Waals surface area contributed by atoms with E-state index in [9.17, 15) is 4.79 Å². The van der Waals surface area contributed by atoms with Gasteiger partial charge in [0.2, 0.25) is 5.91 Å². The first-order valence-electron chi connectivity index (χ1n) is 8.86. The zero-order valence-electron chi connectivity index (χ0n) is 16.3. The van der Waals surface area contributed by atoms with Crippen molar-refractivity contribution < 1.29 is 19.0 Å². The van der Waals surface area contributed by atoms with Gasteiger partial charge in [-0.2, -0.15) is 0 Å². The van der Waals surface area contributed by atoms with Gasteiger partial charge < -0.3 is 24.8 Å². The summed E-state index contributed by atoms with van der Waals surface area (Å²) in [7, 11) is 4.75. The molecule has 2 unspecified atom stereocenters. The molecular weight excluding hydrogens is 344 g/mol. The lowest BCUT2D eigenvalue weighted by Crippen LogP contribution is -2.41. The molecule has 0 radical (unpaired) electrons. The van der Waals surface area contributed by atoms with Crippen LogP contribution < -0.4 is 20.1 Å². The van der Waals surface area contributed by atoms with Crippen molar-refractivity contribution in [1.29, 1.82) is 0 Å². The van der Waals surface area contributed by atoms with Crippen LogP contribution in [0.1, 0.15) is 18.5 Å². The van der Waals surface area contributed by atoms with Crippen molar-refractivity contribution in [1.82, 2.24) is 0 Å². The minimum atomic E-state index is -0.405. The zero-order valence-corrected chi connectivity index (χ0v) is 16.3. The van der Waals surface area contributed by atoms with Crippen LogP contribution in [0.2, 0.25) is 0 Å². The molecule has 2 rings (SSSR count). The standard InChI is InChI=1S/C21H28N2O4/c1-15(20(22)16-8-6-5-7-9-16)21(24)23(12-13-25-2)17-10-11-18(26-3)19(14-17)27-4/h5-11,14-15,20H,12-13,22H2,1-4H3. The Morgan fingerprint density at radius 1 is 1.04 bits per heavy atom. The minimum Gasteiger partial charge on any atom is -0.493 e. The second-order valence-corrected chi connectivity index (χ2v) is 6.25. The first kappa shape index (κ1) is 20.7. The van der Waals surface area contributed by atoms with Crippen molar-refractivity contribution >= 4 is 11.6 Å². The number of amides is 1. The van der Waals surface area contributed by atoms with Gasteiger partial charge in [-0.1, -0.05) is 37.3 Å². The smallest absolute Gasteiger partial charge is 0.231 e. The highest BCUT2D eigenvalue weighted by molar-refractivity contribution is 5.95. The highest BCUT2D eigenvalue weighted by Gasteiger charge is 2.28. The molecule has 0 aliphatic rings. The molecule has 0 heterocycles. The summed E-state index contributed by atoms with van der Waals surface area (Å²) in [6, 6.07) is 14.6. The monoisotopic (exact) mass is 372 g/mol. The summed E-state index contributed by atoms with van der Waals surface area (Å²) in [5, 5.41) is 0. The van der Waals surface area contributed by atoms with Crippen molar-refractivity contribution in [2.24, 2.45) is 11.7 Å². The van der Waals surface area contributed by atoms with Gasteiger partial charge in [-0.05, 0) is 17.7 Å². The average Bonchev–Trinajstić information content (AvgIpc) is 2.73. The van der Waals surface area contributed by atoms with Crippen LogP contribution >= 0.6 is 0 Å². The normalized spacial score (nSPS) is 12.9. The van der Waals surface area contributed by atoms with Crippen molar-refractivity contribution in [3.05, 3.63) is 54.1 Å². The number of hydrogen-bond acceptors (Lipinski definition) is 5. The SMILES string of the molecule is COCCN(C(=O)C(C)C(N)c1ccccc1)c1ccc(OC)c(OC)c1. The van der Waals surface area contributed by atoms with Gasteiger partial charge in [0.05, 0.1) is 26.7 Å². The highest BCUT2D eigenvalue weighted by Crippen LogP contribution is 2.33. The van der Waals surface area contributed by atoms with E-state index in [1.165, 1.54) is 0 Å². The lowest BCUT2D eigenvalue weighted by molar-refractivity contribution is -0.122. The van der Waals surface area contributed by atoms with Gasteiger partial charge in [-0.3, -0.25) is 4.79 Å². The fraction of sp³-hybridized carbons (Fsp3) is 0.381. The molecule has 6 heteroatoms. The molecule has 0 saturated carbocycles. The third kappa shape index (κ3) is 4.99. The van der Waals surface area contributed by atoms with Gasteiger partial charge in [-0.25, -0.2) is 0 Å². The molecule has 0 fully saturated rings. The quantitative estimate of drug-likeness (QED) is 0.732. The summed E-state index contributed by atoms with van der Waals surface area (Å²) in [5.74, 6) is 0.688. The average molecular weight is 372 g/mol. The molecule has 0 aliphatic heterocycles. The Morgan fingerprint density at radius 2 is 1.70 bits per heavy atom. The molecule has 27 heavy (non-hydrogen) atoms. The van der Waals surface area contributed by atoms with Crippen LogP contribution in [-0.4, -0.2) is 40.4 Å². The summed E-state index contributed by atoms with van der Waals surface area (Å²) in [6.45, 7) is 2.67. The first-order valence-corrected chi connectivity index (χ1v) is 8.86. The Labute approximate surface area is 160 Å². The summed E-state index contributed by atoms with van der Waals surface area (Å²) >= 11 is 0. The fourth-order valence-corrected chi connectivity index (χ4v) is 2.91. The predicted octanol–water partition coefficient (Wildman–Crippen LogP) is 3.02. The molecule has 0 saturated heterocycles. The van der Waals surface area contributed by atoms with E-state index in [4.69, 9.17) is 19.9 Å². The van der Waals surface area contributed by atoms with E-state index in [1.807, 2.05) is 43.3 Å². The number of benzene rings is 2. The van der Waals surface area contributed by atoms with Gasteiger partial charge >= 0.3 is 0 Å². The Kier molecular flexibility index (Phi) is 7.64. The third-order valence-electron chi connectivity index (χ3n) is 4.58. The van der Waals surface area contributed by atoms with Gasteiger partial charge in [0.25, 0.3) is 0 Å². The van der Waals surface area contributed by atoms with E-state index in [-0.39, 0.29) is 5.91 Å². The molecule has 146 valence electrons. The Hall–Kier alpha value is -2.57. The number of ether oxygens (including phenoxy) is 3. The van der Waals surface area contributed by atoms with Crippen molar-refractivity contribution in [2.75, 3.05) is 39.4 Å². The van der Waals surface area contributed by atoms with Crippen molar-refractivity contribution in [3.63, 3.8) is 0 Å². The number of carbonyl (C=O) groups is 1. The fourth-order valence-electron chi connectivity index (χ4n) is 2.91. The maximum absolute atomic E-state index is 13.2. The summed E-state index contributed by atoms with van der Waals surface area (Å²) < 4.78 is 15.8. The van der Waals surface area contributed by atoms with Crippen molar-refractivity contribution in [2.45, 2.75) is 13.0 Å². The molecule has 2 atom stereocenters. The number of carbonyl (C=O) groups excluding carboxylic acids is 1. The Morgan fingerprint density at radius 3 is 2.30 bits per heavy atom. The largest absolute Gasteiger partial charge is 0.493 e. The van der Waals surface area contributed by atoms with Crippen LogP contribution in [0.15, 0.2) is 48.5 Å². The van der Waals surface area contributed by atoms with E-state index in [0.717, 1.165) is 5.56 Å². The third-order valence-corrected chi connectivity index (χ3v) is 4.58. The van der Waals surface area contributed by atoms with E-state index >= 15 is 0 Å². The van der Waals surface area contributed by atoms with Crippen LogP contribution in [0, 0.1) is 5.92 Å². The summed E-state index contributed by atoms with van der Waals surface area (Å²) in [5.41, 5.74) is 8.00. The van der Waals surface area contributed by atoms with Crippen LogP contribution in [0.25, 0.3) is 0 Å². The lowest BCUT2D eigenvalue weighted by Gasteiger charge is -2.29. The van der Waals surface area contributed by atoms with Gasteiger partial charge in [0, 0.05) is 31.5 Å². The number of nitrogens with two attached hydrogens (primary N) is 1. The van der Waals surface area contributed by atoms with Crippen LogP contribution in [0.3, 0.4) is 0 Å². The Balaban J connectivity index is 2.30.